The van der Waals surface area contributed by atoms with Crippen molar-refractivity contribution in [3.8, 4) is 0 Å². The normalized spacial score (nSPS) is 17.4. The van der Waals surface area contributed by atoms with E-state index in [1.807, 2.05) is 0 Å². The Morgan fingerprint density at radius 3 is 2.35 bits per heavy atom. The van der Waals surface area contributed by atoms with E-state index in [4.69, 9.17) is 10.2 Å². The van der Waals surface area contributed by atoms with E-state index in [9.17, 15) is 15.0 Å². The van der Waals surface area contributed by atoms with Gasteiger partial charge in [0, 0.05) is 6.08 Å². The molecule has 0 amide bonds. The summed E-state index contributed by atoms with van der Waals surface area (Å²) in [7, 11) is 0. The molecule has 4 N–H and O–H groups in total. The average molecular weight is 244 g/mol. The maximum absolute atomic E-state index is 10.1. The summed E-state index contributed by atoms with van der Waals surface area (Å²) in [6, 6.07) is 0. The molecule has 5 nitrogen and oxygen atoms in total. The number of aliphatic hydroxyl groups excluding tert-OH is 3. The van der Waals surface area contributed by atoms with Crippen molar-refractivity contribution in [3.05, 3.63) is 24.3 Å². The molecule has 0 saturated carbocycles. The number of carboxylic acids is 1. The van der Waals surface area contributed by atoms with Gasteiger partial charge in [-0.05, 0) is 26.2 Å². The molecule has 98 valence electrons. The van der Waals surface area contributed by atoms with Crippen LogP contribution in [0.5, 0.6) is 0 Å². The van der Waals surface area contributed by atoms with Crippen LogP contribution in [-0.4, -0.2) is 44.7 Å². The Hall–Kier alpha value is -1.17. The van der Waals surface area contributed by atoms with E-state index in [-0.39, 0.29) is 6.42 Å². The summed E-state index contributed by atoms with van der Waals surface area (Å²) in [5.41, 5.74) is 0. The highest BCUT2D eigenvalue weighted by Crippen LogP contribution is 2.04. The van der Waals surface area contributed by atoms with Crippen LogP contribution < -0.4 is 0 Å². The van der Waals surface area contributed by atoms with Gasteiger partial charge in [0.15, 0.2) is 0 Å². The third kappa shape index (κ3) is 11.1. The summed E-state index contributed by atoms with van der Waals surface area (Å²) in [4.78, 5) is 10.1. The lowest BCUT2D eigenvalue weighted by atomic mass is 10.1. The van der Waals surface area contributed by atoms with Gasteiger partial charge in [-0.1, -0.05) is 18.2 Å². The third-order valence-electron chi connectivity index (χ3n) is 2.02. The second-order valence-corrected chi connectivity index (χ2v) is 3.95. The molecule has 0 aromatic carbocycles. The Balaban J connectivity index is 3.80. The van der Waals surface area contributed by atoms with Gasteiger partial charge in [0.1, 0.15) is 0 Å². The predicted octanol–water partition coefficient (Wildman–Crippen LogP) is 0.456. The minimum atomic E-state index is -1.05. The van der Waals surface area contributed by atoms with Crippen LogP contribution in [0.2, 0.25) is 0 Å². The largest absolute Gasteiger partial charge is 0.478 e. The average Bonchev–Trinajstić information content (AvgIpc) is 2.15. The summed E-state index contributed by atoms with van der Waals surface area (Å²) < 4.78 is 0. The van der Waals surface area contributed by atoms with Gasteiger partial charge in [-0.2, -0.15) is 0 Å². The number of hydrogen-bond acceptors (Lipinski definition) is 4. The topological polar surface area (TPSA) is 98.0 Å². The Bertz CT molecular complexity index is 270. The molecule has 0 aromatic heterocycles. The summed E-state index contributed by atoms with van der Waals surface area (Å²) in [5, 5.41) is 36.1. The maximum atomic E-state index is 10.1. The molecular weight excluding hydrogens is 224 g/mol. The van der Waals surface area contributed by atoms with E-state index < -0.39 is 24.3 Å². The first-order chi connectivity index (χ1) is 7.91. The molecule has 0 aromatic rings. The molecule has 0 bridgehead atoms. The lowest BCUT2D eigenvalue weighted by Crippen LogP contribution is -2.14. The molecule has 17 heavy (non-hydrogen) atoms. The summed E-state index contributed by atoms with van der Waals surface area (Å²) in [6.45, 7) is 1.60. The molecule has 0 spiro atoms. The van der Waals surface area contributed by atoms with E-state index in [0.29, 0.717) is 12.8 Å². The predicted molar refractivity (Wildman–Crippen MR) is 63.5 cm³/mol. The van der Waals surface area contributed by atoms with Gasteiger partial charge in [0.05, 0.1) is 18.3 Å². The minimum Gasteiger partial charge on any atom is -0.478 e. The van der Waals surface area contributed by atoms with Crippen LogP contribution in [-0.2, 0) is 4.79 Å². The highest BCUT2D eigenvalue weighted by molar-refractivity contribution is 5.79. The fraction of sp³-hybridized carbons (Fsp3) is 0.583. The van der Waals surface area contributed by atoms with E-state index in [1.54, 1.807) is 13.0 Å². The van der Waals surface area contributed by atoms with Crippen molar-refractivity contribution in [3.63, 3.8) is 0 Å². The number of rotatable bonds is 8. The summed E-state index contributed by atoms with van der Waals surface area (Å²) in [6.07, 6.45) is 4.37. The van der Waals surface area contributed by atoms with Crippen LogP contribution in [0.1, 0.15) is 26.2 Å². The molecule has 5 heteroatoms. The molecule has 0 aliphatic carbocycles. The highest BCUT2D eigenvalue weighted by atomic mass is 16.4. The van der Waals surface area contributed by atoms with Crippen molar-refractivity contribution in [1.29, 1.82) is 0 Å². The molecule has 0 saturated heterocycles. The minimum absolute atomic E-state index is 0.218. The molecule has 0 heterocycles. The van der Waals surface area contributed by atoms with Crippen molar-refractivity contribution in [1.82, 2.24) is 0 Å². The zero-order chi connectivity index (χ0) is 13.3. The Labute approximate surface area is 101 Å². The summed E-state index contributed by atoms with van der Waals surface area (Å²) in [5.74, 6) is -1.05. The fourth-order valence-corrected chi connectivity index (χ4v) is 1.27. The van der Waals surface area contributed by atoms with Gasteiger partial charge in [-0.15, -0.1) is 0 Å². The van der Waals surface area contributed by atoms with Crippen molar-refractivity contribution >= 4 is 5.97 Å². The smallest absolute Gasteiger partial charge is 0.327 e. The van der Waals surface area contributed by atoms with E-state index in [2.05, 4.69) is 0 Å². The Morgan fingerprint density at radius 2 is 1.82 bits per heavy atom. The van der Waals surface area contributed by atoms with Gasteiger partial charge in [0.25, 0.3) is 0 Å². The van der Waals surface area contributed by atoms with Gasteiger partial charge < -0.3 is 20.4 Å². The number of carboxylic acid groups (broad SMARTS) is 1. The standard InChI is InChI=1S/C12H20O5/c1-9(13)8-11(15)6-2-4-10(14)5-3-7-12(16)17/h2-4,7,9-11,13-15H,5-6,8H2,1H3,(H,16,17)/b4-2+,7-3+. The molecule has 0 aliphatic rings. The lowest BCUT2D eigenvalue weighted by molar-refractivity contribution is -0.131. The zero-order valence-corrected chi connectivity index (χ0v) is 9.86. The summed E-state index contributed by atoms with van der Waals surface area (Å²) >= 11 is 0. The monoisotopic (exact) mass is 244 g/mol. The fourth-order valence-electron chi connectivity index (χ4n) is 1.27. The van der Waals surface area contributed by atoms with E-state index >= 15 is 0 Å². The van der Waals surface area contributed by atoms with E-state index in [1.165, 1.54) is 12.2 Å². The first kappa shape index (κ1) is 15.8. The van der Waals surface area contributed by atoms with Crippen LogP contribution in [0.4, 0.5) is 0 Å². The molecule has 0 rings (SSSR count). The van der Waals surface area contributed by atoms with Crippen molar-refractivity contribution in [2.45, 2.75) is 44.5 Å². The van der Waals surface area contributed by atoms with Crippen molar-refractivity contribution in [2.24, 2.45) is 0 Å². The first-order valence-electron chi connectivity index (χ1n) is 5.52. The van der Waals surface area contributed by atoms with Gasteiger partial charge >= 0.3 is 5.97 Å². The number of aliphatic carboxylic acids is 1. The first-order valence-corrected chi connectivity index (χ1v) is 5.52. The van der Waals surface area contributed by atoms with Crippen LogP contribution in [0.25, 0.3) is 0 Å². The molecule has 0 fully saturated rings. The molecular formula is C12H20O5. The van der Waals surface area contributed by atoms with E-state index in [0.717, 1.165) is 6.08 Å². The molecule has 0 radical (unpaired) electrons. The lowest BCUT2D eigenvalue weighted by Gasteiger charge is -2.09. The van der Waals surface area contributed by atoms with Crippen LogP contribution in [0.3, 0.4) is 0 Å². The Morgan fingerprint density at radius 1 is 1.18 bits per heavy atom. The number of aliphatic hydroxyl groups is 3. The molecule has 0 aliphatic heterocycles. The Kier molecular flexibility index (Phi) is 8.31. The molecule has 3 unspecified atom stereocenters. The van der Waals surface area contributed by atoms with Crippen LogP contribution in [0.15, 0.2) is 24.3 Å². The van der Waals surface area contributed by atoms with Crippen molar-refractivity contribution in [2.75, 3.05) is 0 Å². The van der Waals surface area contributed by atoms with Gasteiger partial charge in [-0.3, -0.25) is 0 Å². The number of hydrogen-bond donors (Lipinski definition) is 4. The van der Waals surface area contributed by atoms with Crippen LogP contribution >= 0.6 is 0 Å². The highest BCUT2D eigenvalue weighted by Gasteiger charge is 2.05. The molecule has 3 atom stereocenters. The second-order valence-electron chi connectivity index (χ2n) is 3.95. The quantitative estimate of drug-likeness (QED) is 0.367. The second kappa shape index (κ2) is 8.92. The third-order valence-corrected chi connectivity index (χ3v) is 2.02. The number of carbonyl (C=O) groups is 1. The van der Waals surface area contributed by atoms with Gasteiger partial charge in [0.2, 0.25) is 0 Å². The maximum Gasteiger partial charge on any atom is 0.327 e. The van der Waals surface area contributed by atoms with Crippen LogP contribution in [0, 0.1) is 0 Å². The SMILES string of the molecule is CC(O)CC(O)C/C=C/C(O)C/C=C/C(=O)O. The van der Waals surface area contributed by atoms with Gasteiger partial charge in [-0.25, -0.2) is 4.79 Å². The van der Waals surface area contributed by atoms with Crippen molar-refractivity contribution < 1.29 is 25.2 Å². The zero-order valence-electron chi connectivity index (χ0n) is 9.86.